The Morgan fingerprint density at radius 2 is 1.88 bits per heavy atom. The minimum absolute atomic E-state index is 0.262. The van der Waals surface area contributed by atoms with Crippen LogP contribution in [0.4, 0.5) is 5.69 Å². The Morgan fingerprint density at radius 3 is 2.47 bits per heavy atom. The summed E-state index contributed by atoms with van der Waals surface area (Å²) in [4.78, 5) is 19.8. The number of pyridine rings is 2. The number of nitrogens with one attached hydrogen (secondary N) is 1. The molecule has 17 heavy (non-hydrogen) atoms. The topological polar surface area (TPSA) is 54.9 Å². The Bertz CT molecular complexity index is 525. The van der Waals surface area contributed by atoms with E-state index in [2.05, 4.69) is 47.1 Å². The molecule has 1 amide bonds. The number of nitrogens with zero attached hydrogens (tertiary/aromatic N) is 2. The van der Waals surface area contributed by atoms with Crippen molar-refractivity contribution >= 4 is 43.5 Å². The number of hydrogen-bond donors (Lipinski definition) is 1. The van der Waals surface area contributed by atoms with Gasteiger partial charge in [0.25, 0.3) is 5.91 Å². The van der Waals surface area contributed by atoms with E-state index in [0.29, 0.717) is 11.4 Å². The monoisotopic (exact) mass is 355 g/mol. The van der Waals surface area contributed by atoms with E-state index in [1.807, 2.05) is 0 Å². The smallest absolute Gasteiger partial charge is 0.274 e. The van der Waals surface area contributed by atoms with Gasteiger partial charge in [-0.15, -0.1) is 0 Å². The van der Waals surface area contributed by atoms with Crippen molar-refractivity contribution in [3.8, 4) is 0 Å². The number of hydrogen-bond acceptors (Lipinski definition) is 3. The summed E-state index contributed by atoms with van der Waals surface area (Å²) >= 11 is 6.48. The van der Waals surface area contributed by atoms with Crippen LogP contribution in [-0.4, -0.2) is 15.9 Å². The highest BCUT2D eigenvalue weighted by Crippen LogP contribution is 2.12. The highest BCUT2D eigenvalue weighted by Gasteiger charge is 2.07. The van der Waals surface area contributed by atoms with Gasteiger partial charge in [0.15, 0.2) is 0 Å². The molecule has 2 aromatic heterocycles. The first-order chi connectivity index (χ1) is 8.15. The second kappa shape index (κ2) is 5.37. The standard InChI is InChI=1S/C11H7Br2N3O/c12-7-1-3-9(14-5-7)11(17)16-8-2-4-10(13)15-6-8/h1-6H,(H,16,17). The van der Waals surface area contributed by atoms with Gasteiger partial charge in [-0.25, -0.2) is 9.97 Å². The fourth-order valence-electron chi connectivity index (χ4n) is 1.16. The number of amides is 1. The van der Waals surface area contributed by atoms with Gasteiger partial charge >= 0.3 is 0 Å². The Balaban J connectivity index is 2.11. The van der Waals surface area contributed by atoms with Gasteiger partial charge in [0.05, 0.1) is 11.9 Å². The lowest BCUT2D eigenvalue weighted by Gasteiger charge is -2.04. The summed E-state index contributed by atoms with van der Waals surface area (Å²) in [6, 6.07) is 6.92. The summed E-state index contributed by atoms with van der Waals surface area (Å²) < 4.78 is 1.55. The van der Waals surface area contributed by atoms with Crippen molar-refractivity contribution in [2.24, 2.45) is 0 Å². The minimum atomic E-state index is -0.262. The molecule has 0 fully saturated rings. The summed E-state index contributed by atoms with van der Waals surface area (Å²) in [6.07, 6.45) is 3.15. The molecule has 86 valence electrons. The molecule has 0 bridgehead atoms. The molecule has 0 spiro atoms. The molecule has 1 N–H and O–H groups in total. The Morgan fingerprint density at radius 1 is 1.06 bits per heavy atom. The molecule has 0 radical (unpaired) electrons. The summed E-state index contributed by atoms with van der Waals surface area (Å²) in [5.74, 6) is -0.262. The molecule has 0 saturated heterocycles. The first-order valence-corrected chi connectivity index (χ1v) is 6.28. The number of rotatable bonds is 2. The normalized spacial score (nSPS) is 10.0. The molecular formula is C11H7Br2N3O. The molecular weight excluding hydrogens is 350 g/mol. The van der Waals surface area contributed by atoms with E-state index in [9.17, 15) is 4.79 Å². The summed E-state index contributed by atoms with van der Waals surface area (Å²) in [6.45, 7) is 0. The number of carbonyl (C=O) groups is 1. The van der Waals surface area contributed by atoms with Gasteiger partial charge in [-0.2, -0.15) is 0 Å². The van der Waals surface area contributed by atoms with Crippen LogP contribution in [0.1, 0.15) is 10.5 Å². The van der Waals surface area contributed by atoms with Crippen LogP contribution in [0.2, 0.25) is 0 Å². The van der Waals surface area contributed by atoms with Crippen LogP contribution in [0.3, 0.4) is 0 Å². The van der Waals surface area contributed by atoms with E-state index >= 15 is 0 Å². The molecule has 6 heteroatoms. The lowest BCUT2D eigenvalue weighted by Crippen LogP contribution is -2.13. The van der Waals surface area contributed by atoms with Crippen LogP contribution in [-0.2, 0) is 0 Å². The fraction of sp³-hybridized carbons (Fsp3) is 0. The third kappa shape index (κ3) is 3.34. The van der Waals surface area contributed by atoms with Crippen molar-refractivity contribution in [1.29, 1.82) is 0 Å². The third-order valence-electron chi connectivity index (χ3n) is 1.95. The number of carbonyl (C=O) groups excluding carboxylic acids is 1. The van der Waals surface area contributed by atoms with Crippen molar-refractivity contribution in [3.63, 3.8) is 0 Å². The molecule has 0 unspecified atom stereocenters. The SMILES string of the molecule is O=C(Nc1ccc(Br)nc1)c1ccc(Br)cn1. The molecule has 0 aromatic carbocycles. The molecule has 2 aromatic rings. The predicted molar refractivity (Wildman–Crippen MR) is 71.8 cm³/mol. The summed E-state index contributed by atoms with van der Waals surface area (Å²) in [5.41, 5.74) is 0.985. The van der Waals surface area contributed by atoms with E-state index in [4.69, 9.17) is 0 Å². The zero-order chi connectivity index (χ0) is 12.3. The van der Waals surface area contributed by atoms with E-state index in [0.717, 1.165) is 9.08 Å². The summed E-state index contributed by atoms with van der Waals surface area (Å²) in [7, 11) is 0. The van der Waals surface area contributed by atoms with Crippen molar-refractivity contribution in [1.82, 2.24) is 9.97 Å². The Labute approximate surface area is 115 Å². The maximum Gasteiger partial charge on any atom is 0.274 e. The minimum Gasteiger partial charge on any atom is -0.319 e. The first kappa shape index (κ1) is 12.2. The van der Waals surface area contributed by atoms with Gasteiger partial charge in [-0.3, -0.25) is 4.79 Å². The molecule has 0 atom stereocenters. The lowest BCUT2D eigenvalue weighted by atomic mass is 10.3. The maximum atomic E-state index is 11.8. The highest BCUT2D eigenvalue weighted by atomic mass is 79.9. The molecule has 0 aliphatic heterocycles. The van der Waals surface area contributed by atoms with Crippen LogP contribution in [0.15, 0.2) is 45.7 Å². The third-order valence-corrected chi connectivity index (χ3v) is 2.88. The molecule has 2 heterocycles. The van der Waals surface area contributed by atoms with Crippen LogP contribution in [0.5, 0.6) is 0 Å². The quantitative estimate of drug-likeness (QED) is 0.840. The maximum absolute atomic E-state index is 11.8. The van der Waals surface area contributed by atoms with Crippen molar-refractivity contribution < 1.29 is 4.79 Å². The van der Waals surface area contributed by atoms with E-state index in [1.54, 1.807) is 36.7 Å². The van der Waals surface area contributed by atoms with Crippen molar-refractivity contribution in [2.45, 2.75) is 0 Å². The van der Waals surface area contributed by atoms with Crippen molar-refractivity contribution in [2.75, 3.05) is 5.32 Å². The van der Waals surface area contributed by atoms with Crippen molar-refractivity contribution in [3.05, 3.63) is 51.4 Å². The van der Waals surface area contributed by atoms with Gasteiger partial charge in [-0.1, -0.05) is 0 Å². The molecule has 4 nitrogen and oxygen atoms in total. The average Bonchev–Trinajstić information content (AvgIpc) is 2.33. The molecule has 2 rings (SSSR count). The zero-order valence-electron chi connectivity index (χ0n) is 8.52. The van der Waals surface area contributed by atoms with Crippen LogP contribution < -0.4 is 5.32 Å². The van der Waals surface area contributed by atoms with Crippen LogP contribution >= 0.6 is 31.9 Å². The van der Waals surface area contributed by atoms with Gasteiger partial charge in [-0.05, 0) is 56.1 Å². The lowest BCUT2D eigenvalue weighted by molar-refractivity contribution is 0.102. The van der Waals surface area contributed by atoms with Gasteiger partial charge < -0.3 is 5.32 Å². The molecule has 0 saturated carbocycles. The first-order valence-electron chi connectivity index (χ1n) is 4.69. The van der Waals surface area contributed by atoms with Crippen LogP contribution in [0.25, 0.3) is 0 Å². The van der Waals surface area contributed by atoms with E-state index in [1.165, 1.54) is 0 Å². The molecule has 0 aliphatic carbocycles. The predicted octanol–water partition coefficient (Wildman–Crippen LogP) is 3.25. The fourth-order valence-corrected chi connectivity index (χ4v) is 1.62. The number of aromatic nitrogens is 2. The van der Waals surface area contributed by atoms with E-state index < -0.39 is 0 Å². The number of halogens is 2. The van der Waals surface area contributed by atoms with Gasteiger partial charge in [0, 0.05) is 10.7 Å². The zero-order valence-corrected chi connectivity index (χ0v) is 11.7. The largest absolute Gasteiger partial charge is 0.319 e. The van der Waals surface area contributed by atoms with Crippen LogP contribution in [0, 0.1) is 0 Å². The van der Waals surface area contributed by atoms with E-state index in [-0.39, 0.29) is 5.91 Å². The molecule has 0 aliphatic rings. The Kier molecular flexibility index (Phi) is 3.86. The summed E-state index contributed by atoms with van der Waals surface area (Å²) in [5, 5.41) is 2.70. The van der Waals surface area contributed by atoms with Gasteiger partial charge in [0.2, 0.25) is 0 Å². The number of anilines is 1. The van der Waals surface area contributed by atoms with Gasteiger partial charge in [0.1, 0.15) is 10.3 Å². The second-order valence-electron chi connectivity index (χ2n) is 3.19. The Hall–Kier alpha value is -1.27. The average molecular weight is 357 g/mol. The highest BCUT2D eigenvalue weighted by molar-refractivity contribution is 9.10. The second-order valence-corrected chi connectivity index (χ2v) is 4.91.